The minimum absolute atomic E-state index is 0.181. The third-order valence-corrected chi connectivity index (χ3v) is 3.92. The molecule has 0 aromatic carbocycles. The Labute approximate surface area is 124 Å². The van der Waals surface area contributed by atoms with Crippen LogP contribution in [0.1, 0.15) is 33.6 Å². The molecule has 0 aliphatic carbocycles. The number of likely N-dealkylation sites (tertiary alicyclic amines) is 1. The predicted octanol–water partition coefficient (Wildman–Crippen LogP) is 1.31. The molecular weight excluding hydrogens is 252 g/mol. The molecule has 1 saturated heterocycles. The standard InChI is InChI=1S/C15H32N4O/c1-13-7-6-9-19(11-13)10-8-17-14(16-4)18-12-15(2,3)20-5/h13H,6-12H2,1-5H3,(H2,16,17,18). The van der Waals surface area contributed by atoms with Gasteiger partial charge in [0.05, 0.1) is 5.60 Å². The molecule has 0 aromatic rings. The van der Waals surface area contributed by atoms with Crippen molar-refractivity contribution < 1.29 is 4.74 Å². The number of hydrogen-bond acceptors (Lipinski definition) is 3. The Bertz CT molecular complexity index is 304. The highest BCUT2D eigenvalue weighted by atomic mass is 16.5. The van der Waals surface area contributed by atoms with Crippen molar-refractivity contribution in [3.63, 3.8) is 0 Å². The van der Waals surface area contributed by atoms with Crippen LogP contribution in [0.5, 0.6) is 0 Å². The van der Waals surface area contributed by atoms with E-state index >= 15 is 0 Å². The zero-order valence-corrected chi connectivity index (χ0v) is 13.8. The lowest BCUT2D eigenvalue weighted by atomic mass is 10.0. The third kappa shape index (κ3) is 6.57. The normalized spacial score (nSPS) is 21.9. The first-order valence-electron chi connectivity index (χ1n) is 7.69. The van der Waals surface area contributed by atoms with Gasteiger partial charge in [0, 0.05) is 40.3 Å². The maximum Gasteiger partial charge on any atom is 0.191 e. The van der Waals surface area contributed by atoms with Gasteiger partial charge in [-0.1, -0.05) is 6.92 Å². The van der Waals surface area contributed by atoms with Gasteiger partial charge in [0.15, 0.2) is 5.96 Å². The molecule has 1 rings (SSSR count). The van der Waals surface area contributed by atoms with Crippen LogP contribution < -0.4 is 10.6 Å². The lowest BCUT2D eigenvalue weighted by molar-refractivity contribution is 0.0268. The first-order valence-corrected chi connectivity index (χ1v) is 7.69. The average molecular weight is 284 g/mol. The molecule has 1 heterocycles. The zero-order chi connectivity index (χ0) is 15.0. The van der Waals surface area contributed by atoms with Crippen LogP contribution in [-0.4, -0.2) is 63.3 Å². The van der Waals surface area contributed by atoms with Crippen molar-refractivity contribution in [3.05, 3.63) is 0 Å². The van der Waals surface area contributed by atoms with Gasteiger partial charge in [-0.05, 0) is 39.2 Å². The highest BCUT2D eigenvalue weighted by molar-refractivity contribution is 5.79. The van der Waals surface area contributed by atoms with Crippen molar-refractivity contribution in [2.75, 3.05) is 46.9 Å². The Morgan fingerprint density at radius 2 is 2.15 bits per heavy atom. The van der Waals surface area contributed by atoms with E-state index in [2.05, 4.69) is 41.3 Å². The van der Waals surface area contributed by atoms with Gasteiger partial charge in [-0.2, -0.15) is 0 Å². The molecule has 0 aromatic heterocycles. The van der Waals surface area contributed by atoms with E-state index in [1.54, 1.807) is 14.2 Å². The van der Waals surface area contributed by atoms with Crippen molar-refractivity contribution >= 4 is 5.96 Å². The van der Waals surface area contributed by atoms with E-state index in [0.717, 1.165) is 31.5 Å². The molecule has 1 atom stereocenters. The largest absolute Gasteiger partial charge is 0.377 e. The van der Waals surface area contributed by atoms with Gasteiger partial charge in [-0.25, -0.2) is 0 Å². The van der Waals surface area contributed by atoms with Crippen molar-refractivity contribution in [1.82, 2.24) is 15.5 Å². The summed E-state index contributed by atoms with van der Waals surface area (Å²) >= 11 is 0. The van der Waals surface area contributed by atoms with Crippen LogP contribution in [0.2, 0.25) is 0 Å². The number of nitrogens with zero attached hydrogens (tertiary/aromatic N) is 2. The molecule has 0 saturated carbocycles. The first-order chi connectivity index (χ1) is 9.46. The summed E-state index contributed by atoms with van der Waals surface area (Å²) in [5, 5.41) is 6.67. The third-order valence-electron chi connectivity index (χ3n) is 3.92. The monoisotopic (exact) mass is 284 g/mol. The smallest absolute Gasteiger partial charge is 0.191 e. The minimum atomic E-state index is -0.181. The van der Waals surface area contributed by atoms with Crippen molar-refractivity contribution in [3.8, 4) is 0 Å². The molecule has 118 valence electrons. The summed E-state index contributed by atoms with van der Waals surface area (Å²) in [5.41, 5.74) is -0.181. The van der Waals surface area contributed by atoms with Crippen LogP contribution in [0.15, 0.2) is 4.99 Å². The molecule has 1 aliphatic rings. The fourth-order valence-electron chi connectivity index (χ4n) is 2.41. The Morgan fingerprint density at radius 3 is 2.75 bits per heavy atom. The zero-order valence-electron chi connectivity index (χ0n) is 13.8. The van der Waals surface area contributed by atoms with Gasteiger partial charge in [-0.3, -0.25) is 4.99 Å². The molecule has 1 unspecified atom stereocenters. The number of ether oxygens (including phenoxy) is 1. The number of methoxy groups -OCH3 is 1. The first kappa shape index (κ1) is 17.2. The van der Waals surface area contributed by atoms with E-state index in [1.807, 2.05) is 0 Å². The molecule has 2 N–H and O–H groups in total. The molecular formula is C15H32N4O. The Hall–Kier alpha value is -0.810. The van der Waals surface area contributed by atoms with E-state index in [4.69, 9.17) is 4.74 Å². The van der Waals surface area contributed by atoms with E-state index in [0.29, 0.717) is 0 Å². The van der Waals surface area contributed by atoms with Crippen LogP contribution in [0, 0.1) is 5.92 Å². The lowest BCUT2D eigenvalue weighted by Gasteiger charge is -2.31. The quantitative estimate of drug-likeness (QED) is 0.570. The highest BCUT2D eigenvalue weighted by Crippen LogP contribution is 2.14. The van der Waals surface area contributed by atoms with Crippen LogP contribution in [0.3, 0.4) is 0 Å². The van der Waals surface area contributed by atoms with Crippen LogP contribution >= 0.6 is 0 Å². The molecule has 1 fully saturated rings. The molecule has 0 radical (unpaired) electrons. The fraction of sp³-hybridized carbons (Fsp3) is 0.933. The fourth-order valence-corrected chi connectivity index (χ4v) is 2.41. The second kappa shape index (κ2) is 8.47. The lowest BCUT2D eigenvalue weighted by Crippen LogP contribution is -2.47. The molecule has 0 spiro atoms. The van der Waals surface area contributed by atoms with Gasteiger partial charge in [-0.15, -0.1) is 0 Å². The van der Waals surface area contributed by atoms with Crippen LogP contribution in [-0.2, 0) is 4.74 Å². The Balaban J connectivity index is 2.21. The second-order valence-electron chi connectivity index (χ2n) is 6.36. The summed E-state index contributed by atoms with van der Waals surface area (Å²) in [5.74, 6) is 1.68. The van der Waals surface area contributed by atoms with Gasteiger partial charge in [0.1, 0.15) is 0 Å². The molecule has 5 heteroatoms. The van der Waals surface area contributed by atoms with E-state index in [1.165, 1.54) is 25.9 Å². The van der Waals surface area contributed by atoms with E-state index in [9.17, 15) is 0 Å². The van der Waals surface area contributed by atoms with Gasteiger partial charge < -0.3 is 20.3 Å². The van der Waals surface area contributed by atoms with Crippen molar-refractivity contribution in [2.45, 2.75) is 39.2 Å². The predicted molar refractivity (Wildman–Crippen MR) is 85.3 cm³/mol. The molecule has 0 bridgehead atoms. The number of piperidine rings is 1. The second-order valence-corrected chi connectivity index (χ2v) is 6.36. The Morgan fingerprint density at radius 1 is 1.40 bits per heavy atom. The molecule has 1 aliphatic heterocycles. The summed E-state index contributed by atoms with van der Waals surface area (Å²) in [6.07, 6.45) is 2.70. The van der Waals surface area contributed by atoms with Crippen LogP contribution in [0.25, 0.3) is 0 Å². The van der Waals surface area contributed by atoms with E-state index in [-0.39, 0.29) is 5.60 Å². The maximum absolute atomic E-state index is 5.39. The number of nitrogens with one attached hydrogen (secondary N) is 2. The summed E-state index contributed by atoms with van der Waals surface area (Å²) < 4.78 is 5.39. The number of guanidine groups is 1. The van der Waals surface area contributed by atoms with Crippen molar-refractivity contribution in [2.24, 2.45) is 10.9 Å². The van der Waals surface area contributed by atoms with Crippen LogP contribution in [0.4, 0.5) is 0 Å². The minimum Gasteiger partial charge on any atom is -0.377 e. The Kier molecular flexibility index (Phi) is 7.30. The number of aliphatic imine (C=N–C) groups is 1. The SMILES string of the molecule is CN=C(NCCN1CCCC(C)C1)NCC(C)(C)OC. The van der Waals surface area contributed by atoms with Gasteiger partial charge in [0.25, 0.3) is 0 Å². The van der Waals surface area contributed by atoms with Gasteiger partial charge in [0.2, 0.25) is 0 Å². The van der Waals surface area contributed by atoms with Gasteiger partial charge >= 0.3 is 0 Å². The van der Waals surface area contributed by atoms with E-state index < -0.39 is 0 Å². The average Bonchev–Trinajstić information content (AvgIpc) is 2.42. The van der Waals surface area contributed by atoms with Crippen molar-refractivity contribution in [1.29, 1.82) is 0 Å². The number of rotatable bonds is 6. The molecule has 0 amide bonds. The summed E-state index contributed by atoms with van der Waals surface area (Å²) in [4.78, 5) is 6.78. The summed E-state index contributed by atoms with van der Waals surface area (Å²) in [6, 6.07) is 0. The maximum atomic E-state index is 5.39. The molecule has 20 heavy (non-hydrogen) atoms. The number of hydrogen-bond donors (Lipinski definition) is 2. The summed E-state index contributed by atoms with van der Waals surface area (Å²) in [7, 11) is 3.54. The highest BCUT2D eigenvalue weighted by Gasteiger charge is 2.17. The topological polar surface area (TPSA) is 48.9 Å². The molecule has 5 nitrogen and oxygen atoms in total. The summed E-state index contributed by atoms with van der Waals surface area (Å²) in [6.45, 7) is 11.7.